The first-order valence-corrected chi connectivity index (χ1v) is 6.73. The lowest BCUT2D eigenvalue weighted by molar-refractivity contribution is -0.114. The smallest absolute Gasteiger partial charge is 0.221 e. The predicted octanol–water partition coefficient (Wildman–Crippen LogP) is 2.14. The molecule has 1 unspecified atom stereocenters. The SMILES string of the molecule is CC(=O)Nc1ccc(CNC(CCO)C(C)C)cc1. The summed E-state index contributed by atoms with van der Waals surface area (Å²) in [6.07, 6.45) is 0.766. The molecule has 19 heavy (non-hydrogen) atoms. The molecule has 106 valence electrons. The number of amides is 1. The van der Waals surface area contributed by atoms with E-state index in [0.29, 0.717) is 12.0 Å². The van der Waals surface area contributed by atoms with E-state index in [0.717, 1.165) is 24.2 Å². The monoisotopic (exact) mass is 264 g/mol. The minimum atomic E-state index is -0.0614. The molecule has 4 heteroatoms. The van der Waals surface area contributed by atoms with Gasteiger partial charge in [0.25, 0.3) is 0 Å². The molecule has 1 atom stereocenters. The fourth-order valence-electron chi connectivity index (χ4n) is 1.97. The van der Waals surface area contributed by atoms with E-state index in [2.05, 4.69) is 24.5 Å². The van der Waals surface area contributed by atoms with E-state index in [1.807, 2.05) is 24.3 Å². The Kier molecular flexibility index (Phi) is 6.53. The number of rotatable bonds is 7. The number of aliphatic hydroxyl groups excluding tert-OH is 1. The lowest BCUT2D eigenvalue weighted by Crippen LogP contribution is -2.34. The van der Waals surface area contributed by atoms with Crippen molar-refractivity contribution in [3.05, 3.63) is 29.8 Å². The van der Waals surface area contributed by atoms with Gasteiger partial charge in [0.1, 0.15) is 0 Å². The Morgan fingerprint density at radius 1 is 1.26 bits per heavy atom. The van der Waals surface area contributed by atoms with Gasteiger partial charge in [0.2, 0.25) is 5.91 Å². The van der Waals surface area contributed by atoms with Crippen LogP contribution in [0.5, 0.6) is 0 Å². The van der Waals surface area contributed by atoms with Crippen molar-refractivity contribution < 1.29 is 9.90 Å². The topological polar surface area (TPSA) is 61.4 Å². The first-order chi connectivity index (χ1) is 9.02. The maximum atomic E-state index is 10.9. The second-order valence-electron chi connectivity index (χ2n) is 5.12. The zero-order chi connectivity index (χ0) is 14.3. The van der Waals surface area contributed by atoms with Crippen LogP contribution in [-0.4, -0.2) is 23.7 Å². The highest BCUT2D eigenvalue weighted by molar-refractivity contribution is 5.88. The summed E-state index contributed by atoms with van der Waals surface area (Å²) in [6, 6.07) is 8.10. The van der Waals surface area contributed by atoms with Crippen LogP contribution < -0.4 is 10.6 Å². The summed E-state index contributed by atoms with van der Waals surface area (Å²) in [5.74, 6) is 0.430. The maximum Gasteiger partial charge on any atom is 0.221 e. The first-order valence-electron chi connectivity index (χ1n) is 6.73. The van der Waals surface area contributed by atoms with Crippen LogP contribution in [0.3, 0.4) is 0 Å². The van der Waals surface area contributed by atoms with Crippen molar-refractivity contribution in [3.63, 3.8) is 0 Å². The lowest BCUT2D eigenvalue weighted by Gasteiger charge is -2.21. The van der Waals surface area contributed by atoms with E-state index < -0.39 is 0 Å². The fourth-order valence-corrected chi connectivity index (χ4v) is 1.97. The number of anilines is 1. The Balaban J connectivity index is 2.50. The zero-order valence-corrected chi connectivity index (χ0v) is 11.9. The van der Waals surface area contributed by atoms with Crippen LogP contribution in [0.4, 0.5) is 5.69 Å². The van der Waals surface area contributed by atoms with Gasteiger partial charge in [-0.3, -0.25) is 4.79 Å². The molecule has 1 aromatic rings. The van der Waals surface area contributed by atoms with Gasteiger partial charge in [0.15, 0.2) is 0 Å². The van der Waals surface area contributed by atoms with Crippen molar-refractivity contribution in [1.29, 1.82) is 0 Å². The van der Waals surface area contributed by atoms with Crippen LogP contribution in [0.2, 0.25) is 0 Å². The van der Waals surface area contributed by atoms with Crippen molar-refractivity contribution in [2.24, 2.45) is 5.92 Å². The molecule has 0 heterocycles. The number of aliphatic hydroxyl groups is 1. The van der Waals surface area contributed by atoms with E-state index in [9.17, 15) is 4.79 Å². The molecule has 0 fully saturated rings. The van der Waals surface area contributed by atoms with Gasteiger partial charge in [-0.2, -0.15) is 0 Å². The number of hydrogen-bond donors (Lipinski definition) is 3. The summed E-state index contributed by atoms with van der Waals surface area (Å²) in [6.45, 7) is 6.76. The number of carbonyl (C=O) groups is 1. The average molecular weight is 264 g/mol. The van der Waals surface area contributed by atoms with E-state index in [-0.39, 0.29) is 12.5 Å². The first kappa shape index (κ1) is 15.7. The molecule has 3 N–H and O–H groups in total. The summed E-state index contributed by atoms with van der Waals surface area (Å²) >= 11 is 0. The summed E-state index contributed by atoms with van der Waals surface area (Å²) < 4.78 is 0. The van der Waals surface area contributed by atoms with Gasteiger partial charge in [-0.15, -0.1) is 0 Å². The molecule has 0 saturated heterocycles. The van der Waals surface area contributed by atoms with Crippen molar-refractivity contribution in [2.75, 3.05) is 11.9 Å². The van der Waals surface area contributed by atoms with Gasteiger partial charge >= 0.3 is 0 Å². The molecule has 0 radical (unpaired) electrons. The molecule has 4 nitrogen and oxygen atoms in total. The van der Waals surface area contributed by atoms with E-state index in [1.54, 1.807) is 0 Å². The molecule has 0 spiro atoms. The molecule has 0 aliphatic carbocycles. The molecular weight excluding hydrogens is 240 g/mol. The van der Waals surface area contributed by atoms with Crippen LogP contribution in [-0.2, 0) is 11.3 Å². The number of nitrogens with one attached hydrogen (secondary N) is 2. The van der Waals surface area contributed by atoms with E-state index in [4.69, 9.17) is 5.11 Å². The maximum absolute atomic E-state index is 10.9. The largest absolute Gasteiger partial charge is 0.396 e. The Bertz CT molecular complexity index is 388. The molecule has 1 rings (SSSR count). The minimum absolute atomic E-state index is 0.0614. The Morgan fingerprint density at radius 3 is 2.37 bits per heavy atom. The van der Waals surface area contributed by atoms with Gasteiger partial charge in [-0.05, 0) is 30.0 Å². The third-order valence-electron chi connectivity index (χ3n) is 3.09. The third kappa shape index (κ3) is 5.85. The van der Waals surface area contributed by atoms with Crippen molar-refractivity contribution in [2.45, 2.75) is 39.8 Å². The van der Waals surface area contributed by atoms with Gasteiger partial charge < -0.3 is 15.7 Å². The molecular formula is C15H24N2O2. The summed E-state index contributed by atoms with van der Waals surface area (Å²) in [5, 5.41) is 15.2. The molecule has 0 aliphatic rings. The highest BCUT2D eigenvalue weighted by Gasteiger charge is 2.11. The van der Waals surface area contributed by atoms with Crippen molar-refractivity contribution in [3.8, 4) is 0 Å². The highest BCUT2D eigenvalue weighted by Crippen LogP contribution is 2.11. The molecule has 0 aromatic heterocycles. The second kappa shape index (κ2) is 7.92. The fraction of sp³-hybridized carbons (Fsp3) is 0.533. The van der Waals surface area contributed by atoms with Crippen LogP contribution in [0, 0.1) is 5.92 Å². The Morgan fingerprint density at radius 2 is 1.89 bits per heavy atom. The normalized spacial score (nSPS) is 12.5. The average Bonchev–Trinajstić information content (AvgIpc) is 2.35. The molecule has 1 amide bonds. The highest BCUT2D eigenvalue weighted by atomic mass is 16.3. The van der Waals surface area contributed by atoms with Crippen LogP contribution in [0.1, 0.15) is 32.8 Å². The van der Waals surface area contributed by atoms with E-state index in [1.165, 1.54) is 6.92 Å². The van der Waals surface area contributed by atoms with Gasteiger partial charge in [0.05, 0.1) is 0 Å². The van der Waals surface area contributed by atoms with E-state index >= 15 is 0 Å². The summed E-state index contributed by atoms with van der Waals surface area (Å²) in [5.41, 5.74) is 1.98. The van der Waals surface area contributed by atoms with Gasteiger partial charge in [-0.1, -0.05) is 26.0 Å². The van der Waals surface area contributed by atoms with Crippen LogP contribution in [0.15, 0.2) is 24.3 Å². The number of hydrogen-bond acceptors (Lipinski definition) is 3. The number of benzene rings is 1. The minimum Gasteiger partial charge on any atom is -0.396 e. The summed E-state index contributed by atoms with van der Waals surface area (Å²) in [7, 11) is 0. The Labute approximate surface area is 115 Å². The predicted molar refractivity (Wildman–Crippen MR) is 77.9 cm³/mol. The standard InChI is InChI=1S/C15H24N2O2/c1-11(2)15(8-9-18)16-10-13-4-6-14(7-5-13)17-12(3)19/h4-7,11,15-16,18H,8-10H2,1-3H3,(H,17,19). The van der Waals surface area contributed by atoms with Crippen LogP contribution >= 0.6 is 0 Å². The van der Waals surface area contributed by atoms with Crippen LogP contribution in [0.25, 0.3) is 0 Å². The molecule has 0 bridgehead atoms. The third-order valence-corrected chi connectivity index (χ3v) is 3.09. The summed E-state index contributed by atoms with van der Waals surface area (Å²) in [4.78, 5) is 10.9. The van der Waals surface area contributed by atoms with Crippen molar-refractivity contribution in [1.82, 2.24) is 5.32 Å². The van der Waals surface area contributed by atoms with Gasteiger partial charge in [-0.25, -0.2) is 0 Å². The van der Waals surface area contributed by atoms with Gasteiger partial charge in [0, 0.05) is 31.8 Å². The van der Waals surface area contributed by atoms with Crippen molar-refractivity contribution >= 4 is 11.6 Å². The zero-order valence-electron chi connectivity index (χ0n) is 11.9. The molecule has 1 aromatic carbocycles. The lowest BCUT2D eigenvalue weighted by atomic mass is 10.0. The Hall–Kier alpha value is -1.39. The second-order valence-corrected chi connectivity index (χ2v) is 5.12. The quantitative estimate of drug-likeness (QED) is 0.707. The number of carbonyl (C=O) groups excluding carboxylic acids is 1. The molecule has 0 saturated carbocycles. The molecule has 0 aliphatic heterocycles.